The van der Waals surface area contributed by atoms with Crippen LogP contribution in [0.1, 0.15) is 44.1 Å². The number of rotatable bonds is 6. The first-order valence-electron chi connectivity index (χ1n) is 10.0. The zero-order valence-corrected chi connectivity index (χ0v) is 16.2. The summed E-state index contributed by atoms with van der Waals surface area (Å²) in [4.78, 5) is 16.2. The van der Waals surface area contributed by atoms with Crippen molar-refractivity contribution < 1.29 is 13.9 Å². The number of carbonyl (C=O) groups excluding carboxylic acids is 1. The molecule has 1 amide bonds. The zero-order valence-electron chi connectivity index (χ0n) is 16.2. The molecule has 2 N–H and O–H groups in total. The van der Waals surface area contributed by atoms with Crippen LogP contribution in [0, 0.1) is 5.92 Å². The third-order valence-corrected chi connectivity index (χ3v) is 5.58. The summed E-state index contributed by atoms with van der Waals surface area (Å²) in [5.74, 6) is 1.18. The van der Waals surface area contributed by atoms with Gasteiger partial charge in [0.05, 0.1) is 12.7 Å². The van der Waals surface area contributed by atoms with E-state index in [1.165, 1.54) is 5.39 Å². The van der Waals surface area contributed by atoms with Crippen molar-refractivity contribution in [1.29, 1.82) is 0 Å². The molecule has 0 aliphatic heterocycles. The standard InChI is InChI=1S/C23H26N2O3/c1-2-21-20(14-27-19-9-5-8-17(13-19)22(24)26)25-23(28-21)18-11-10-15-6-3-4-7-16(15)12-18/h3-4,6-7,10-12,17,19H,2,5,8-9,13-14H2,1H3,(H2,24,26). The van der Waals surface area contributed by atoms with E-state index in [4.69, 9.17) is 19.9 Å². The molecule has 1 fully saturated rings. The van der Waals surface area contributed by atoms with Gasteiger partial charge in [0.15, 0.2) is 0 Å². The Labute approximate surface area is 164 Å². The van der Waals surface area contributed by atoms with Gasteiger partial charge in [0, 0.05) is 17.9 Å². The third kappa shape index (κ3) is 3.94. The van der Waals surface area contributed by atoms with E-state index in [0.29, 0.717) is 18.9 Å². The molecule has 4 rings (SSSR count). The van der Waals surface area contributed by atoms with Gasteiger partial charge in [-0.05, 0) is 42.2 Å². The second-order valence-corrected chi connectivity index (χ2v) is 7.50. The van der Waals surface area contributed by atoms with Gasteiger partial charge in [0.2, 0.25) is 11.8 Å². The molecule has 0 spiro atoms. The molecule has 1 aliphatic carbocycles. The van der Waals surface area contributed by atoms with E-state index in [1.807, 2.05) is 18.2 Å². The highest BCUT2D eigenvalue weighted by molar-refractivity contribution is 5.86. The number of aromatic nitrogens is 1. The molecule has 1 saturated carbocycles. The van der Waals surface area contributed by atoms with E-state index >= 15 is 0 Å². The van der Waals surface area contributed by atoms with Gasteiger partial charge < -0.3 is 14.9 Å². The number of primary amides is 1. The predicted octanol–water partition coefficient (Wildman–Crippen LogP) is 4.62. The number of nitrogens with zero attached hydrogens (tertiary/aromatic N) is 1. The van der Waals surface area contributed by atoms with Crippen LogP contribution in [0.15, 0.2) is 46.9 Å². The SMILES string of the molecule is CCc1oc(-c2ccc3ccccc3c2)nc1COC1CCCC(C(N)=O)C1. The first-order valence-corrected chi connectivity index (χ1v) is 10.0. The molecule has 2 atom stereocenters. The number of aryl methyl sites for hydroxylation is 1. The monoisotopic (exact) mass is 378 g/mol. The second-order valence-electron chi connectivity index (χ2n) is 7.50. The lowest BCUT2D eigenvalue weighted by molar-refractivity contribution is -0.124. The molecule has 28 heavy (non-hydrogen) atoms. The Bertz CT molecular complexity index is 979. The first kappa shape index (κ1) is 18.7. The van der Waals surface area contributed by atoms with Crippen LogP contribution >= 0.6 is 0 Å². The van der Waals surface area contributed by atoms with E-state index in [9.17, 15) is 4.79 Å². The van der Waals surface area contributed by atoms with Crippen molar-refractivity contribution in [2.45, 2.75) is 51.7 Å². The summed E-state index contributed by atoms with van der Waals surface area (Å²) in [5, 5.41) is 2.35. The highest BCUT2D eigenvalue weighted by Crippen LogP contribution is 2.29. The topological polar surface area (TPSA) is 78.3 Å². The molecule has 5 heteroatoms. The van der Waals surface area contributed by atoms with E-state index in [0.717, 1.165) is 48.1 Å². The number of fused-ring (bicyclic) bond motifs is 1. The summed E-state index contributed by atoms with van der Waals surface area (Å²) in [6.07, 6.45) is 4.31. The molecule has 1 heterocycles. The molecule has 0 saturated heterocycles. The Morgan fingerprint density at radius 3 is 2.82 bits per heavy atom. The molecule has 2 unspecified atom stereocenters. The summed E-state index contributed by atoms with van der Waals surface area (Å²) in [6, 6.07) is 14.5. The maximum Gasteiger partial charge on any atom is 0.226 e. The van der Waals surface area contributed by atoms with Crippen LogP contribution in [0.4, 0.5) is 0 Å². The van der Waals surface area contributed by atoms with Gasteiger partial charge in [0.25, 0.3) is 0 Å². The Morgan fingerprint density at radius 2 is 2.04 bits per heavy atom. The number of oxazole rings is 1. The van der Waals surface area contributed by atoms with E-state index in [-0.39, 0.29) is 17.9 Å². The molecule has 0 radical (unpaired) electrons. The number of hydrogen-bond acceptors (Lipinski definition) is 4. The summed E-state index contributed by atoms with van der Waals surface area (Å²) >= 11 is 0. The second kappa shape index (κ2) is 8.15. The van der Waals surface area contributed by atoms with Crippen molar-refractivity contribution in [3.63, 3.8) is 0 Å². The van der Waals surface area contributed by atoms with Gasteiger partial charge >= 0.3 is 0 Å². The van der Waals surface area contributed by atoms with Crippen LogP contribution in [0.5, 0.6) is 0 Å². The van der Waals surface area contributed by atoms with Gasteiger partial charge in [0.1, 0.15) is 11.5 Å². The highest BCUT2D eigenvalue weighted by atomic mass is 16.5. The fourth-order valence-corrected chi connectivity index (χ4v) is 3.97. The number of amides is 1. The lowest BCUT2D eigenvalue weighted by Crippen LogP contribution is -2.31. The molecular formula is C23H26N2O3. The van der Waals surface area contributed by atoms with Gasteiger partial charge in [-0.1, -0.05) is 43.7 Å². The van der Waals surface area contributed by atoms with Crippen LogP contribution in [0.3, 0.4) is 0 Å². The summed E-state index contributed by atoms with van der Waals surface area (Å²) in [5.41, 5.74) is 7.27. The average Bonchev–Trinajstić information content (AvgIpc) is 3.15. The Balaban J connectivity index is 1.50. The first-order chi connectivity index (χ1) is 13.6. The van der Waals surface area contributed by atoms with E-state index in [1.54, 1.807) is 0 Å². The summed E-state index contributed by atoms with van der Waals surface area (Å²) in [6.45, 7) is 2.45. The van der Waals surface area contributed by atoms with Crippen molar-refractivity contribution in [1.82, 2.24) is 4.98 Å². The smallest absolute Gasteiger partial charge is 0.226 e. The lowest BCUT2D eigenvalue weighted by Gasteiger charge is -2.27. The zero-order chi connectivity index (χ0) is 19.5. The Hall–Kier alpha value is -2.66. The van der Waals surface area contributed by atoms with E-state index in [2.05, 4.69) is 31.2 Å². The number of ether oxygens (including phenoxy) is 1. The minimum atomic E-state index is -0.220. The molecule has 0 bridgehead atoms. The quantitative estimate of drug-likeness (QED) is 0.679. The van der Waals surface area contributed by atoms with Crippen molar-refractivity contribution in [3.8, 4) is 11.5 Å². The maximum absolute atomic E-state index is 11.5. The van der Waals surface area contributed by atoms with Crippen LogP contribution < -0.4 is 5.73 Å². The largest absolute Gasteiger partial charge is 0.441 e. The molecule has 5 nitrogen and oxygen atoms in total. The van der Waals surface area contributed by atoms with Crippen LogP contribution in [0.25, 0.3) is 22.2 Å². The van der Waals surface area contributed by atoms with Crippen LogP contribution in [0.2, 0.25) is 0 Å². The van der Waals surface area contributed by atoms with E-state index < -0.39 is 0 Å². The molecule has 1 aliphatic rings. The number of benzene rings is 2. The van der Waals surface area contributed by atoms with Gasteiger partial charge in [-0.25, -0.2) is 4.98 Å². The minimum absolute atomic E-state index is 0.0526. The average molecular weight is 378 g/mol. The van der Waals surface area contributed by atoms with Gasteiger partial charge in [-0.15, -0.1) is 0 Å². The summed E-state index contributed by atoms with van der Waals surface area (Å²) in [7, 11) is 0. The molecule has 3 aromatic rings. The summed E-state index contributed by atoms with van der Waals surface area (Å²) < 4.78 is 12.1. The molecule has 2 aromatic carbocycles. The van der Waals surface area contributed by atoms with Crippen LogP contribution in [-0.2, 0) is 22.6 Å². The molecular weight excluding hydrogens is 352 g/mol. The number of carbonyl (C=O) groups is 1. The van der Waals surface area contributed by atoms with Crippen molar-refractivity contribution in [2.24, 2.45) is 11.7 Å². The maximum atomic E-state index is 11.5. The molecule has 1 aromatic heterocycles. The Morgan fingerprint density at radius 1 is 1.21 bits per heavy atom. The molecule has 146 valence electrons. The lowest BCUT2D eigenvalue weighted by atomic mass is 9.87. The Kier molecular flexibility index (Phi) is 5.44. The van der Waals surface area contributed by atoms with Crippen LogP contribution in [-0.4, -0.2) is 17.0 Å². The predicted molar refractivity (Wildman–Crippen MR) is 109 cm³/mol. The minimum Gasteiger partial charge on any atom is -0.441 e. The third-order valence-electron chi connectivity index (χ3n) is 5.58. The fraction of sp³-hybridized carbons (Fsp3) is 0.391. The van der Waals surface area contributed by atoms with Gasteiger partial charge in [-0.3, -0.25) is 4.79 Å². The van der Waals surface area contributed by atoms with Crippen molar-refractivity contribution in [2.75, 3.05) is 0 Å². The number of hydrogen-bond donors (Lipinski definition) is 1. The van der Waals surface area contributed by atoms with Crippen molar-refractivity contribution in [3.05, 3.63) is 53.9 Å². The normalized spacial score (nSPS) is 19.8. The van der Waals surface area contributed by atoms with Crippen molar-refractivity contribution >= 4 is 16.7 Å². The van der Waals surface area contributed by atoms with Gasteiger partial charge in [-0.2, -0.15) is 0 Å². The number of nitrogens with two attached hydrogens (primary N) is 1. The highest BCUT2D eigenvalue weighted by Gasteiger charge is 2.26. The fourth-order valence-electron chi connectivity index (χ4n) is 3.97.